The first-order valence-electron chi connectivity index (χ1n) is 7.37. The highest BCUT2D eigenvalue weighted by Gasteiger charge is 2.21. The lowest BCUT2D eigenvalue weighted by molar-refractivity contribution is 0.0949. The zero-order valence-electron chi connectivity index (χ0n) is 11.9. The van der Waals surface area contributed by atoms with Gasteiger partial charge < -0.3 is 10.6 Å². The van der Waals surface area contributed by atoms with E-state index in [0.717, 1.165) is 12.2 Å². The number of carbonyl (C=O) groups excluding carboxylic acids is 1. The smallest absolute Gasteiger partial charge is 0.269 e. The van der Waals surface area contributed by atoms with Gasteiger partial charge in [-0.25, -0.2) is 4.98 Å². The van der Waals surface area contributed by atoms with Gasteiger partial charge in [-0.3, -0.25) is 4.79 Å². The predicted molar refractivity (Wildman–Crippen MR) is 83.4 cm³/mol. The summed E-state index contributed by atoms with van der Waals surface area (Å²) in [5.41, 5.74) is 1.68. The SMILES string of the molecule is O=C(NCCc1ccccc1)c1cccc(NC2CC2)n1. The molecule has 1 saturated carbocycles. The summed E-state index contributed by atoms with van der Waals surface area (Å²) in [6.45, 7) is 0.616. The highest BCUT2D eigenvalue weighted by Crippen LogP contribution is 2.23. The molecular weight excluding hydrogens is 262 g/mol. The quantitative estimate of drug-likeness (QED) is 0.856. The molecule has 0 bridgehead atoms. The van der Waals surface area contributed by atoms with Gasteiger partial charge in [0.15, 0.2) is 0 Å². The molecule has 2 aromatic rings. The van der Waals surface area contributed by atoms with Gasteiger partial charge in [0.25, 0.3) is 5.91 Å². The number of hydrogen-bond acceptors (Lipinski definition) is 3. The second-order valence-electron chi connectivity index (χ2n) is 5.32. The van der Waals surface area contributed by atoms with Crippen LogP contribution < -0.4 is 10.6 Å². The molecule has 0 atom stereocenters. The summed E-state index contributed by atoms with van der Waals surface area (Å²) >= 11 is 0. The molecule has 3 rings (SSSR count). The number of aromatic nitrogens is 1. The molecular formula is C17H19N3O. The fraction of sp³-hybridized carbons (Fsp3) is 0.294. The Morgan fingerprint density at radius 1 is 1.10 bits per heavy atom. The number of pyridine rings is 1. The third-order valence-electron chi connectivity index (χ3n) is 3.45. The Hall–Kier alpha value is -2.36. The number of carbonyl (C=O) groups is 1. The van der Waals surface area contributed by atoms with Crippen LogP contribution in [0.25, 0.3) is 0 Å². The Bertz CT molecular complexity index is 608. The topological polar surface area (TPSA) is 54.0 Å². The summed E-state index contributed by atoms with van der Waals surface area (Å²) < 4.78 is 0. The largest absolute Gasteiger partial charge is 0.367 e. The van der Waals surface area contributed by atoms with E-state index < -0.39 is 0 Å². The lowest BCUT2D eigenvalue weighted by Crippen LogP contribution is -2.26. The summed E-state index contributed by atoms with van der Waals surface area (Å²) in [5, 5.41) is 6.22. The van der Waals surface area contributed by atoms with Crippen molar-refractivity contribution in [3.05, 3.63) is 59.8 Å². The van der Waals surface area contributed by atoms with Crippen molar-refractivity contribution in [2.45, 2.75) is 25.3 Å². The third-order valence-corrected chi connectivity index (χ3v) is 3.45. The van der Waals surface area contributed by atoms with Gasteiger partial charge in [-0.15, -0.1) is 0 Å². The average molecular weight is 281 g/mol. The Kier molecular flexibility index (Phi) is 4.15. The van der Waals surface area contributed by atoms with Gasteiger partial charge in [0.05, 0.1) is 0 Å². The molecule has 2 N–H and O–H groups in total. The first-order chi connectivity index (χ1) is 10.3. The summed E-state index contributed by atoms with van der Waals surface area (Å²) in [7, 11) is 0. The van der Waals surface area contributed by atoms with Crippen molar-refractivity contribution in [1.29, 1.82) is 0 Å². The van der Waals surface area contributed by atoms with Crippen LogP contribution in [0.2, 0.25) is 0 Å². The van der Waals surface area contributed by atoms with Crippen molar-refractivity contribution in [1.82, 2.24) is 10.3 Å². The summed E-state index contributed by atoms with van der Waals surface area (Å²) in [5.74, 6) is 0.665. The fourth-order valence-electron chi connectivity index (χ4n) is 2.13. The van der Waals surface area contributed by atoms with Crippen LogP contribution in [0.1, 0.15) is 28.9 Å². The Morgan fingerprint density at radius 3 is 2.67 bits per heavy atom. The minimum atomic E-state index is -0.120. The lowest BCUT2D eigenvalue weighted by Gasteiger charge is -2.07. The maximum absolute atomic E-state index is 12.1. The standard InChI is InChI=1S/C17H19N3O/c21-17(18-12-11-13-5-2-1-3-6-13)15-7-4-8-16(20-15)19-14-9-10-14/h1-8,14H,9-12H2,(H,18,21)(H,19,20). The summed E-state index contributed by atoms with van der Waals surface area (Å²) in [6.07, 6.45) is 3.21. The van der Waals surface area contributed by atoms with E-state index in [1.54, 1.807) is 6.07 Å². The van der Waals surface area contributed by atoms with E-state index >= 15 is 0 Å². The van der Waals surface area contributed by atoms with Crippen molar-refractivity contribution in [3.8, 4) is 0 Å². The van der Waals surface area contributed by atoms with Crippen LogP contribution in [0.15, 0.2) is 48.5 Å². The van der Waals surface area contributed by atoms with Crippen LogP contribution >= 0.6 is 0 Å². The summed E-state index contributed by atoms with van der Waals surface area (Å²) in [6, 6.07) is 16.2. The van der Waals surface area contributed by atoms with E-state index in [2.05, 4.69) is 27.8 Å². The molecule has 108 valence electrons. The molecule has 21 heavy (non-hydrogen) atoms. The van der Waals surface area contributed by atoms with E-state index in [4.69, 9.17) is 0 Å². The van der Waals surface area contributed by atoms with Crippen LogP contribution in [0.4, 0.5) is 5.82 Å². The molecule has 0 unspecified atom stereocenters. The first-order valence-corrected chi connectivity index (χ1v) is 7.37. The van der Waals surface area contributed by atoms with Crippen LogP contribution in [-0.4, -0.2) is 23.5 Å². The first kappa shape index (κ1) is 13.6. The van der Waals surface area contributed by atoms with Crippen molar-refractivity contribution >= 4 is 11.7 Å². The number of amides is 1. The Labute approximate surface area is 124 Å². The number of hydrogen-bond donors (Lipinski definition) is 2. The lowest BCUT2D eigenvalue weighted by atomic mass is 10.1. The molecule has 0 saturated heterocycles. The highest BCUT2D eigenvalue weighted by atomic mass is 16.1. The molecule has 0 spiro atoms. The molecule has 4 nitrogen and oxygen atoms in total. The number of anilines is 1. The van der Waals surface area contributed by atoms with Crippen LogP contribution in [-0.2, 0) is 6.42 Å². The van der Waals surface area contributed by atoms with Gasteiger partial charge in [0.2, 0.25) is 0 Å². The number of nitrogens with zero attached hydrogens (tertiary/aromatic N) is 1. The highest BCUT2D eigenvalue weighted by molar-refractivity contribution is 5.92. The fourth-order valence-corrected chi connectivity index (χ4v) is 2.13. The van der Waals surface area contributed by atoms with E-state index in [1.807, 2.05) is 30.3 Å². The van der Waals surface area contributed by atoms with E-state index in [0.29, 0.717) is 18.3 Å². The molecule has 1 aliphatic carbocycles. The maximum atomic E-state index is 12.1. The molecule has 1 heterocycles. The second kappa shape index (κ2) is 6.39. The molecule has 1 aromatic heterocycles. The van der Waals surface area contributed by atoms with Gasteiger partial charge in [0.1, 0.15) is 11.5 Å². The predicted octanol–water partition coefficient (Wildman–Crippen LogP) is 2.63. The number of benzene rings is 1. The minimum absolute atomic E-state index is 0.120. The van der Waals surface area contributed by atoms with Crippen molar-refractivity contribution in [2.75, 3.05) is 11.9 Å². The van der Waals surface area contributed by atoms with E-state index in [9.17, 15) is 4.79 Å². The van der Waals surface area contributed by atoms with Gasteiger partial charge in [0, 0.05) is 12.6 Å². The van der Waals surface area contributed by atoms with Gasteiger partial charge >= 0.3 is 0 Å². The molecule has 4 heteroatoms. The van der Waals surface area contributed by atoms with Crippen LogP contribution in [0, 0.1) is 0 Å². The monoisotopic (exact) mass is 281 g/mol. The van der Waals surface area contributed by atoms with Crippen LogP contribution in [0.3, 0.4) is 0 Å². The van der Waals surface area contributed by atoms with Gasteiger partial charge in [-0.05, 0) is 37.0 Å². The third kappa shape index (κ3) is 4.05. The molecule has 1 aliphatic rings. The van der Waals surface area contributed by atoms with E-state index in [1.165, 1.54) is 18.4 Å². The van der Waals surface area contributed by atoms with E-state index in [-0.39, 0.29) is 5.91 Å². The average Bonchev–Trinajstić information content (AvgIpc) is 3.32. The van der Waals surface area contributed by atoms with Crippen LogP contribution in [0.5, 0.6) is 0 Å². The molecule has 1 aromatic carbocycles. The Balaban J connectivity index is 1.52. The Morgan fingerprint density at radius 2 is 1.90 bits per heavy atom. The molecule has 1 amide bonds. The molecule has 0 aliphatic heterocycles. The number of rotatable bonds is 6. The zero-order valence-corrected chi connectivity index (χ0v) is 11.9. The number of nitrogens with one attached hydrogen (secondary N) is 2. The normalized spacial score (nSPS) is 13.7. The van der Waals surface area contributed by atoms with Gasteiger partial charge in [-0.2, -0.15) is 0 Å². The van der Waals surface area contributed by atoms with Crippen molar-refractivity contribution < 1.29 is 4.79 Å². The maximum Gasteiger partial charge on any atom is 0.269 e. The minimum Gasteiger partial charge on any atom is -0.367 e. The molecule has 1 fully saturated rings. The van der Waals surface area contributed by atoms with Crippen molar-refractivity contribution in [3.63, 3.8) is 0 Å². The van der Waals surface area contributed by atoms with Gasteiger partial charge in [-0.1, -0.05) is 36.4 Å². The second-order valence-corrected chi connectivity index (χ2v) is 5.32. The zero-order chi connectivity index (χ0) is 14.5. The molecule has 0 radical (unpaired) electrons. The van der Waals surface area contributed by atoms with Crippen molar-refractivity contribution in [2.24, 2.45) is 0 Å². The summed E-state index contributed by atoms with van der Waals surface area (Å²) in [4.78, 5) is 16.4.